The first-order valence-electron chi connectivity index (χ1n) is 9.54. The fourth-order valence-electron chi connectivity index (χ4n) is 3.95. The van der Waals surface area contributed by atoms with E-state index in [2.05, 4.69) is 23.6 Å². The third-order valence-corrected chi connectivity index (χ3v) is 5.45. The predicted octanol–water partition coefficient (Wildman–Crippen LogP) is 2.13. The van der Waals surface area contributed by atoms with Gasteiger partial charge in [0.2, 0.25) is 0 Å². The summed E-state index contributed by atoms with van der Waals surface area (Å²) < 4.78 is 5.82. The summed E-state index contributed by atoms with van der Waals surface area (Å²) in [5.74, 6) is -0.439. The number of imide groups is 1. The van der Waals surface area contributed by atoms with Crippen LogP contribution in [-0.4, -0.2) is 65.1 Å². The first-order valence-corrected chi connectivity index (χ1v) is 9.54. The van der Waals surface area contributed by atoms with Crippen LogP contribution in [0.15, 0.2) is 18.2 Å². The monoisotopic (exact) mass is 391 g/mol. The number of hydrogen-bond acceptors (Lipinski definition) is 7. The van der Waals surface area contributed by atoms with E-state index >= 15 is 0 Å². The summed E-state index contributed by atoms with van der Waals surface area (Å²) in [5, 5.41) is 9.28. The number of likely N-dealkylation sites (tertiary alicyclic amines) is 1. The van der Waals surface area contributed by atoms with E-state index in [4.69, 9.17) is 4.74 Å². The molecule has 0 aliphatic carbocycles. The van der Waals surface area contributed by atoms with Gasteiger partial charge in [-0.15, -0.1) is 10.1 Å². The Morgan fingerprint density at radius 1 is 1.07 bits per heavy atom. The van der Waals surface area contributed by atoms with Crippen LogP contribution in [0.1, 0.15) is 53.8 Å². The molecule has 2 unspecified atom stereocenters. The molecule has 9 nitrogen and oxygen atoms in total. The second-order valence-electron chi connectivity index (χ2n) is 7.24. The molecule has 2 aliphatic rings. The fraction of sp³-hybridized carbons (Fsp3) is 0.579. The molecule has 28 heavy (non-hydrogen) atoms. The van der Waals surface area contributed by atoms with Crippen molar-refractivity contribution in [1.29, 1.82) is 0 Å². The number of carbonyl (C=O) groups excluding carboxylic acids is 2. The maximum Gasteiger partial charge on any atom is 0.294 e. The van der Waals surface area contributed by atoms with Crippen LogP contribution in [0.5, 0.6) is 5.75 Å². The molecule has 2 aliphatic heterocycles. The normalized spacial score (nSPS) is 22.3. The highest BCUT2D eigenvalue weighted by molar-refractivity contribution is 6.21. The van der Waals surface area contributed by atoms with Crippen molar-refractivity contribution in [3.8, 4) is 5.75 Å². The topological polar surface area (TPSA) is 102 Å². The van der Waals surface area contributed by atoms with Crippen LogP contribution in [0.25, 0.3) is 0 Å². The minimum Gasteiger partial charge on any atom is -0.492 e. The number of piperidine rings is 1. The Hall–Kier alpha value is -2.68. The van der Waals surface area contributed by atoms with E-state index in [0.717, 1.165) is 11.4 Å². The third kappa shape index (κ3) is 4.24. The number of carbonyl (C=O) groups is 2. The Morgan fingerprint density at radius 3 is 2.43 bits per heavy atom. The van der Waals surface area contributed by atoms with Crippen LogP contribution in [0.4, 0.5) is 0 Å². The molecule has 1 fully saturated rings. The van der Waals surface area contributed by atoms with Gasteiger partial charge in [0, 0.05) is 18.6 Å². The summed E-state index contributed by atoms with van der Waals surface area (Å²) in [5.41, 5.74) is 0.528. The zero-order chi connectivity index (χ0) is 20.3. The van der Waals surface area contributed by atoms with Crippen molar-refractivity contribution in [2.45, 2.75) is 45.2 Å². The molecule has 0 bridgehead atoms. The smallest absolute Gasteiger partial charge is 0.294 e. The van der Waals surface area contributed by atoms with Crippen molar-refractivity contribution in [3.63, 3.8) is 0 Å². The molecular formula is C19H25N3O6. The van der Waals surface area contributed by atoms with Crippen LogP contribution in [-0.2, 0) is 4.84 Å². The fourth-order valence-corrected chi connectivity index (χ4v) is 3.95. The van der Waals surface area contributed by atoms with Gasteiger partial charge in [-0.1, -0.05) is 6.42 Å². The lowest BCUT2D eigenvalue weighted by Gasteiger charge is -2.38. The van der Waals surface area contributed by atoms with E-state index in [0.29, 0.717) is 24.4 Å². The minimum absolute atomic E-state index is 0.172. The summed E-state index contributed by atoms with van der Waals surface area (Å²) in [7, 11) is 0. The van der Waals surface area contributed by atoms with Gasteiger partial charge in [-0.3, -0.25) is 19.4 Å². The molecule has 1 aromatic carbocycles. The molecule has 9 heteroatoms. The zero-order valence-corrected chi connectivity index (χ0v) is 16.1. The molecule has 2 heterocycles. The van der Waals surface area contributed by atoms with E-state index in [1.54, 1.807) is 18.2 Å². The zero-order valence-electron chi connectivity index (χ0n) is 16.1. The summed E-state index contributed by atoms with van der Waals surface area (Å²) >= 11 is 0. The summed E-state index contributed by atoms with van der Waals surface area (Å²) in [6.45, 7) is 5.23. The van der Waals surface area contributed by atoms with Crippen LogP contribution in [0.2, 0.25) is 0 Å². The molecule has 2 atom stereocenters. The van der Waals surface area contributed by atoms with Gasteiger partial charge < -0.3 is 9.57 Å². The van der Waals surface area contributed by atoms with Gasteiger partial charge in [0.05, 0.1) is 17.7 Å². The Morgan fingerprint density at radius 2 is 1.75 bits per heavy atom. The van der Waals surface area contributed by atoms with E-state index in [9.17, 15) is 19.7 Å². The lowest BCUT2D eigenvalue weighted by atomic mass is 9.98. The number of benzene rings is 1. The average molecular weight is 391 g/mol. The molecule has 1 aromatic rings. The molecule has 152 valence electrons. The highest BCUT2D eigenvalue weighted by Gasteiger charge is 2.35. The molecule has 2 amide bonds. The van der Waals surface area contributed by atoms with Gasteiger partial charge in [0.15, 0.2) is 0 Å². The molecule has 0 aromatic heterocycles. The summed E-state index contributed by atoms with van der Waals surface area (Å²) in [6, 6.07) is 5.85. The molecule has 0 radical (unpaired) electrons. The Bertz CT molecular complexity index is 758. The van der Waals surface area contributed by atoms with Crippen molar-refractivity contribution in [2.75, 3.05) is 26.3 Å². The number of nitrogens with zero attached hydrogens (tertiary/aromatic N) is 3. The van der Waals surface area contributed by atoms with Crippen molar-refractivity contribution >= 4 is 11.8 Å². The SMILES string of the molecule is CC1CCCC(C)N1CCOc1ccc2c(c1)C(=O)N(CCO[N+](=O)[O-])C2=O. The number of rotatable bonds is 8. The maximum atomic E-state index is 12.5. The standard InChI is InChI=1S/C19H25N3O6/c1-13-4-3-5-14(2)20(13)8-10-27-15-6-7-16-17(12-15)19(24)21(18(16)23)9-11-28-22(25)26/h6-7,12-14H,3-5,8-11H2,1-2H3. The second kappa shape index (κ2) is 8.55. The van der Waals surface area contributed by atoms with Gasteiger partial charge >= 0.3 is 0 Å². The van der Waals surface area contributed by atoms with Crippen molar-refractivity contribution in [3.05, 3.63) is 39.4 Å². The lowest BCUT2D eigenvalue weighted by molar-refractivity contribution is -0.757. The van der Waals surface area contributed by atoms with E-state index in [1.165, 1.54) is 19.3 Å². The molecule has 0 N–H and O–H groups in total. The Kier molecular flexibility index (Phi) is 6.13. The first kappa shape index (κ1) is 20.1. The third-order valence-electron chi connectivity index (χ3n) is 5.45. The molecule has 0 spiro atoms. The van der Waals surface area contributed by atoms with Crippen LogP contribution < -0.4 is 4.74 Å². The Balaban J connectivity index is 1.58. The Labute approximate surface area is 163 Å². The van der Waals surface area contributed by atoms with Gasteiger partial charge in [0.1, 0.15) is 19.0 Å². The minimum atomic E-state index is -0.950. The quantitative estimate of drug-likeness (QED) is 0.380. The second-order valence-corrected chi connectivity index (χ2v) is 7.24. The molecule has 3 rings (SSSR count). The van der Waals surface area contributed by atoms with Crippen molar-refractivity contribution in [2.24, 2.45) is 0 Å². The highest BCUT2D eigenvalue weighted by Crippen LogP contribution is 2.27. The van der Waals surface area contributed by atoms with Crippen molar-refractivity contribution < 1.29 is 24.3 Å². The van der Waals surface area contributed by atoms with E-state index in [-0.39, 0.29) is 24.3 Å². The van der Waals surface area contributed by atoms with Crippen molar-refractivity contribution in [1.82, 2.24) is 9.80 Å². The van der Waals surface area contributed by atoms with E-state index in [1.807, 2.05) is 0 Å². The largest absolute Gasteiger partial charge is 0.492 e. The van der Waals surface area contributed by atoms with Gasteiger partial charge in [-0.05, 0) is 44.9 Å². The number of amides is 2. The maximum absolute atomic E-state index is 12.5. The average Bonchev–Trinajstić information content (AvgIpc) is 2.88. The molecule has 0 saturated carbocycles. The first-order chi connectivity index (χ1) is 13.4. The number of ether oxygens (including phenoxy) is 1. The number of fused-ring (bicyclic) bond motifs is 1. The van der Waals surface area contributed by atoms with Gasteiger partial charge in [0.25, 0.3) is 16.9 Å². The molecular weight excluding hydrogens is 366 g/mol. The van der Waals surface area contributed by atoms with E-state index < -0.39 is 16.9 Å². The van der Waals surface area contributed by atoms with Crippen LogP contribution in [0.3, 0.4) is 0 Å². The van der Waals surface area contributed by atoms with Gasteiger partial charge in [-0.25, -0.2) is 0 Å². The highest BCUT2D eigenvalue weighted by atomic mass is 16.9. The predicted molar refractivity (Wildman–Crippen MR) is 99.7 cm³/mol. The summed E-state index contributed by atoms with van der Waals surface area (Å²) in [4.78, 5) is 42.6. The van der Waals surface area contributed by atoms with Crippen LogP contribution >= 0.6 is 0 Å². The number of hydrogen-bond donors (Lipinski definition) is 0. The summed E-state index contributed by atoms with van der Waals surface area (Å²) in [6.07, 6.45) is 3.63. The molecule has 1 saturated heterocycles. The van der Waals surface area contributed by atoms with Gasteiger partial charge in [-0.2, -0.15) is 0 Å². The lowest BCUT2D eigenvalue weighted by Crippen LogP contribution is -2.45. The van der Waals surface area contributed by atoms with Crippen LogP contribution in [0, 0.1) is 10.1 Å².